The maximum atomic E-state index is 12.7. The van der Waals surface area contributed by atoms with Gasteiger partial charge in [-0.1, -0.05) is 11.8 Å². The lowest BCUT2D eigenvalue weighted by molar-refractivity contribution is -0.138. The highest BCUT2D eigenvalue weighted by molar-refractivity contribution is 8.18. The Morgan fingerprint density at radius 1 is 0.914 bits per heavy atom. The summed E-state index contributed by atoms with van der Waals surface area (Å²) in [5.41, 5.74) is 1.08. The second-order valence-corrected chi connectivity index (χ2v) is 7.97. The summed E-state index contributed by atoms with van der Waals surface area (Å²) in [4.78, 5) is 17.7. The molecule has 9 nitrogen and oxygen atoms in total. The van der Waals surface area contributed by atoms with Crippen LogP contribution in [-0.2, 0) is 9.53 Å². The van der Waals surface area contributed by atoms with Crippen molar-refractivity contribution in [2.24, 2.45) is 4.99 Å². The zero-order valence-electron chi connectivity index (χ0n) is 20.3. The zero-order valence-corrected chi connectivity index (χ0v) is 21.1. The zero-order chi connectivity index (χ0) is 25.5. The SMILES string of the molecule is CCOC(=O)C1=C(O)C(=Cc2ccc(OC)c(OC)c2OC)SC1=Nc1ccc(OC)c(OC)c1. The predicted molar refractivity (Wildman–Crippen MR) is 135 cm³/mol. The van der Waals surface area contributed by atoms with Gasteiger partial charge in [-0.05, 0) is 37.3 Å². The summed E-state index contributed by atoms with van der Waals surface area (Å²) in [7, 11) is 7.59. The molecule has 2 aromatic rings. The summed E-state index contributed by atoms with van der Waals surface area (Å²) in [6.45, 7) is 1.83. The first-order chi connectivity index (χ1) is 16.9. The maximum Gasteiger partial charge on any atom is 0.344 e. The number of hydrogen-bond acceptors (Lipinski definition) is 10. The van der Waals surface area contributed by atoms with E-state index < -0.39 is 5.97 Å². The van der Waals surface area contributed by atoms with E-state index >= 15 is 0 Å². The van der Waals surface area contributed by atoms with Gasteiger partial charge in [0.1, 0.15) is 16.4 Å². The minimum Gasteiger partial charge on any atom is -0.506 e. The Morgan fingerprint density at radius 2 is 1.57 bits per heavy atom. The number of aliphatic imine (C=N–C) groups is 1. The van der Waals surface area contributed by atoms with E-state index in [9.17, 15) is 9.90 Å². The fourth-order valence-electron chi connectivity index (χ4n) is 3.38. The van der Waals surface area contributed by atoms with Crippen LogP contribution in [0.15, 0.2) is 51.6 Å². The van der Waals surface area contributed by atoms with Crippen LogP contribution >= 0.6 is 11.8 Å². The molecule has 0 bridgehead atoms. The molecule has 0 radical (unpaired) electrons. The van der Waals surface area contributed by atoms with E-state index in [1.54, 1.807) is 43.3 Å². The molecule has 1 heterocycles. The Bertz CT molecular complexity index is 1200. The van der Waals surface area contributed by atoms with Crippen LogP contribution in [0, 0.1) is 0 Å². The van der Waals surface area contributed by atoms with Crippen LogP contribution in [-0.4, -0.2) is 58.3 Å². The highest BCUT2D eigenvalue weighted by Crippen LogP contribution is 2.45. The van der Waals surface area contributed by atoms with Crippen molar-refractivity contribution in [3.05, 3.63) is 52.1 Å². The van der Waals surface area contributed by atoms with Gasteiger partial charge in [-0.15, -0.1) is 0 Å². The fourth-order valence-corrected chi connectivity index (χ4v) is 4.41. The molecule has 10 heteroatoms. The number of nitrogens with zero attached hydrogens (tertiary/aromatic N) is 1. The van der Waals surface area contributed by atoms with Crippen LogP contribution in [0.4, 0.5) is 5.69 Å². The lowest BCUT2D eigenvalue weighted by Crippen LogP contribution is -2.12. The van der Waals surface area contributed by atoms with Crippen molar-refractivity contribution >= 4 is 34.5 Å². The number of hydrogen-bond donors (Lipinski definition) is 1. The van der Waals surface area contributed by atoms with Gasteiger partial charge in [0.05, 0.1) is 52.7 Å². The lowest BCUT2D eigenvalue weighted by atomic mass is 10.1. The molecule has 0 saturated carbocycles. The lowest BCUT2D eigenvalue weighted by Gasteiger charge is -2.14. The quantitative estimate of drug-likeness (QED) is 0.479. The Balaban J connectivity index is 2.12. The molecule has 3 rings (SSSR count). The molecule has 0 aliphatic carbocycles. The third-order valence-electron chi connectivity index (χ3n) is 4.99. The van der Waals surface area contributed by atoms with Crippen LogP contribution in [0.2, 0.25) is 0 Å². The molecule has 0 atom stereocenters. The van der Waals surface area contributed by atoms with Gasteiger partial charge in [0.25, 0.3) is 0 Å². The van der Waals surface area contributed by atoms with Crippen LogP contribution in [0.5, 0.6) is 28.7 Å². The van der Waals surface area contributed by atoms with E-state index in [0.717, 1.165) is 11.8 Å². The second-order valence-electron chi connectivity index (χ2n) is 6.93. The Morgan fingerprint density at radius 3 is 2.17 bits per heavy atom. The van der Waals surface area contributed by atoms with E-state index in [2.05, 4.69) is 4.99 Å². The highest BCUT2D eigenvalue weighted by atomic mass is 32.2. The Labute approximate surface area is 208 Å². The topological polar surface area (TPSA) is 105 Å². The molecule has 1 aliphatic heterocycles. The van der Waals surface area contributed by atoms with Crippen molar-refractivity contribution in [1.29, 1.82) is 0 Å². The normalized spacial score (nSPS) is 15.4. The Hall–Kier alpha value is -3.79. The molecule has 1 aliphatic rings. The summed E-state index contributed by atoms with van der Waals surface area (Å²) in [5, 5.41) is 11.3. The molecule has 186 valence electrons. The molecule has 0 unspecified atom stereocenters. The first-order valence-corrected chi connectivity index (χ1v) is 11.3. The minimum atomic E-state index is -0.681. The van der Waals surface area contributed by atoms with E-state index in [1.807, 2.05) is 0 Å². The van der Waals surface area contributed by atoms with Gasteiger partial charge in [0.15, 0.2) is 23.0 Å². The van der Waals surface area contributed by atoms with Gasteiger partial charge in [-0.25, -0.2) is 9.79 Å². The number of carbonyl (C=O) groups is 1. The molecule has 0 spiro atoms. The number of aliphatic hydroxyl groups is 1. The van der Waals surface area contributed by atoms with Crippen LogP contribution in [0.25, 0.3) is 6.08 Å². The third kappa shape index (κ3) is 5.32. The van der Waals surface area contributed by atoms with E-state index in [4.69, 9.17) is 28.4 Å². The average molecular weight is 502 g/mol. The van der Waals surface area contributed by atoms with Crippen molar-refractivity contribution in [3.8, 4) is 28.7 Å². The molecular weight excluding hydrogens is 474 g/mol. The first-order valence-electron chi connectivity index (χ1n) is 10.5. The number of benzene rings is 2. The maximum absolute atomic E-state index is 12.7. The number of thioether (sulfide) groups is 1. The van der Waals surface area contributed by atoms with Gasteiger partial charge < -0.3 is 33.5 Å². The smallest absolute Gasteiger partial charge is 0.344 e. The second kappa shape index (κ2) is 11.6. The largest absolute Gasteiger partial charge is 0.506 e. The molecular formula is C25H27NO8S. The number of esters is 1. The van der Waals surface area contributed by atoms with Crippen molar-refractivity contribution < 1.29 is 38.3 Å². The summed E-state index contributed by atoms with van der Waals surface area (Å²) >= 11 is 1.12. The fraction of sp³-hybridized carbons (Fsp3) is 0.280. The molecule has 35 heavy (non-hydrogen) atoms. The predicted octanol–water partition coefficient (Wildman–Crippen LogP) is 4.92. The molecule has 0 amide bonds. The number of aliphatic hydroxyl groups excluding tert-OH is 1. The van der Waals surface area contributed by atoms with Crippen molar-refractivity contribution in [3.63, 3.8) is 0 Å². The monoisotopic (exact) mass is 501 g/mol. The average Bonchev–Trinajstić information content (AvgIpc) is 3.17. The van der Waals surface area contributed by atoms with Gasteiger partial charge >= 0.3 is 5.97 Å². The summed E-state index contributed by atoms with van der Waals surface area (Å²) in [6, 6.07) is 8.57. The van der Waals surface area contributed by atoms with Crippen LogP contribution < -0.4 is 23.7 Å². The molecule has 0 aromatic heterocycles. The summed E-state index contributed by atoms with van der Waals surface area (Å²) in [6.07, 6.45) is 1.68. The van der Waals surface area contributed by atoms with Crippen LogP contribution in [0.3, 0.4) is 0 Å². The van der Waals surface area contributed by atoms with E-state index in [-0.39, 0.29) is 23.0 Å². The van der Waals surface area contributed by atoms with Crippen LogP contribution in [0.1, 0.15) is 12.5 Å². The Kier molecular flexibility index (Phi) is 8.53. The number of carbonyl (C=O) groups excluding carboxylic acids is 1. The highest BCUT2D eigenvalue weighted by Gasteiger charge is 2.33. The number of rotatable bonds is 9. The van der Waals surface area contributed by atoms with Crippen molar-refractivity contribution in [2.75, 3.05) is 42.2 Å². The third-order valence-corrected chi connectivity index (χ3v) is 6.01. The molecule has 2 aromatic carbocycles. The first kappa shape index (κ1) is 25.8. The molecule has 0 fully saturated rings. The van der Waals surface area contributed by atoms with Gasteiger partial charge in [0.2, 0.25) is 5.75 Å². The van der Waals surface area contributed by atoms with Crippen molar-refractivity contribution in [2.45, 2.75) is 6.92 Å². The number of methoxy groups -OCH3 is 5. The number of ether oxygens (including phenoxy) is 6. The summed E-state index contributed by atoms with van der Waals surface area (Å²) < 4.78 is 32.1. The van der Waals surface area contributed by atoms with E-state index in [1.165, 1.54) is 35.5 Å². The standard InChI is InChI=1S/C25H27NO8S/c1-7-34-25(28)20-21(27)19(12-14-8-10-17(30-3)23(33-6)22(14)32-5)35-24(20)26-15-9-11-16(29-2)18(13-15)31-4/h8-13,27H,7H2,1-6H3. The van der Waals surface area contributed by atoms with Gasteiger partial charge in [-0.3, -0.25) is 0 Å². The molecule has 1 N–H and O–H groups in total. The van der Waals surface area contributed by atoms with Gasteiger partial charge in [-0.2, -0.15) is 0 Å². The van der Waals surface area contributed by atoms with Gasteiger partial charge in [0, 0.05) is 11.6 Å². The van der Waals surface area contributed by atoms with E-state index in [0.29, 0.717) is 44.9 Å². The molecule has 0 saturated heterocycles. The summed E-state index contributed by atoms with van der Waals surface area (Å²) in [5.74, 6) is 1.41. The van der Waals surface area contributed by atoms with Crippen molar-refractivity contribution in [1.82, 2.24) is 0 Å². The minimum absolute atomic E-state index is 0.0303.